The molecule has 2 aliphatic rings. The first-order valence-electron chi connectivity index (χ1n) is 10.9. The smallest absolute Gasteiger partial charge is 0.214 e. The Labute approximate surface area is 201 Å². The Balaban J connectivity index is 1.55. The van der Waals surface area contributed by atoms with Gasteiger partial charge in [0.25, 0.3) is 0 Å². The molecule has 7 heteroatoms. The molecule has 0 amide bonds. The van der Waals surface area contributed by atoms with Gasteiger partial charge < -0.3 is 18.9 Å². The molecule has 0 radical (unpaired) electrons. The summed E-state index contributed by atoms with van der Waals surface area (Å²) in [6.45, 7) is 2.63. The maximum absolute atomic E-state index is 6.48. The first kappa shape index (κ1) is 21.6. The van der Waals surface area contributed by atoms with Gasteiger partial charge in [0.1, 0.15) is 11.5 Å². The number of hydrazone groups is 1. The normalized spacial score (nSPS) is 18.7. The standard InChI is InChI=1S/C26H25BrN2O4/c1-4-32-19-9-5-16(6-10-19)21-15-22-20-14-18(27)8-12-23(20)33-26(29(22)28-21)17-7-11-24(30-2)25(13-17)31-3/h5-14,22,26H,4,15H2,1-3H3. The zero-order chi connectivity index (χ0) is 22.9. The molecule has 0 saturated heterocycles. The second kappa shape index (κ2) is 8.98. The minimum absolute atomic E-state index is 0.0610. The van der Waals surface area contributed by atoms with Crippen molar-refractivity contribution >= 4 is 21.6 Å². The Morgan fingerprint density at radius 2 is 1.79 bits per heavy atom. The number of fused-ring (bicyclic) bond motifs is 3. The monoisotopic (exact) mass is 508 g/mol. The molecule has 170 valence electrons. The third-order valence-corrected chi connectivity index (χ3v) is 6.44. The molecule has 5 rings (SSSR count). The average molecular weight is 509 g/mol. The molecule has 0 saturated carbocycles. The van der Waals surface area contributed by atoms with E-state index in [2.05, 4.69) is 39.1 Å². The molecule has 6 nitrogen and oxygen atoms in total. The minimum atomic E-state index is -0.385. The lowest BCUT2D eigenvalue weighted by Crippen LogP contribution is -2.33. The lowest BCUT2D eigenvalue weighted by molar-refractivity contribution is -0.0192. The van der Waals surface area contributed by atoms with Crippen LogP contribution in [-0.4, -0.2) is 31.5 Å². The van der Waals surface area contributed by atoms with Gasteiger partial charge in [-0.15, -0.1) is 0 Å². The Morgan fingerprint density at radius 3 is 2.52 bits per heavy atom. The highest BCUT2D eigenvalue weighted by Crippen LogP contribution is 2.49. The molecule has 0 N–H and O–H groups in total. The number of benzene rings is 3. The molecule has 2 unspecified atom stereocenters. The van der Waals surface area contributed by atoms with Crippen LogP contribution in [0.1, 0.15) is 42.3 Å². The Bertz CT molecular complexity index is 1200. The fourth-order valence-electron chi connectivity index (χ4n) is 4.37. The van der Waals surface area contributed by atoms with E-state index in [1.165, 1.54) is 0 Å². The van der Waals surface area contributed by atoms with E-state index in [-0.39, 0.29) is 12.3 Å². The molecule has 0 bridgehead atoms. The first-order chi connectivity index (χ1) is 16.1. The number of rotatable bonds is 6. The van der Waals surface area contributed by atoms with Gasteiger partial charge >= 0.3 is 0 Å². The molecule has 3 aromatic rings. The van der Waals surface area contributed by atoms with Crippen LogP contribution in [0, 0.1) is 0 Å². The summed E-state index contributed by atoms with van der Waals surface area (Å²) in [5.41, 5.74) is 4.16. The maximum Gasteiger partial charge on any atom is 0.214 e. The third kappa shape index (κ3) is 4.02. The number of halogens is 1. The van der Waals surface area contributed by atoms with Crippen molar-refractivity contribution in [3.63, 3.8) is 0 Å². The van der Waals surface area contributed by atoms with E-state index in [0.29, 0.717) is 18.1 Å². The van der Waals surface area contributed by atoms with Gasteiger partial charge in [-0.3, -0.25) is 0 Å². The minimum Gasteiger partial charge on any atom is -0.494 e. The maximum atomic E-state index is 6.48. The summed E-state index contributed by atoms with van der Waals surface area (Å²) in [6.07, 6.45) is 0.397. The topological polar surface area (TPSA) is 52.5 Å². The largest absolute Gasteiger partial charge is 0.494 e. The second-order valence-corrected chi connectivity index (χ2v) is 8.79. The van der Waals surface area contributed by atoms with Crippen LogP contribution in [0.15, 0.2) is 70.2 Å². The number of ether oxygens (including phenoxy) is 4. The molecule has 0 spiro atoms. The Morgan fingerprint density at radius 1 is 1.00 bits per heavy atom. The van der Waals surface area contributed by atoms with Crippen LogP contribution in [0.5, 0.6) is 23.0 Å². The summed E-state index contributed by atoms with van der Waals surface area (Å²) in [5.74, 6) is 3.06. The van der Waals surface area contributed by atoms with Crippen LogP contribution >= 0.6 is 15.9 Å². The van der Waals surface area contributed by atoms with Gasteiger partial charge in [-0.2, -0.15) is 5.10 Å². The van der Waals surface area contributed by atoms with E-state index in [4.69, 9.17) is 24.0 Å². The van der Waals surface area contributed by atoms with Crippen molar-refractivity contribution < 1.29 is 18.9 Å². The van der Waals surface area contributed by atoms with Crippen LogP contribution in [0.25, 0.3) is 0 Å². The summed E-state index contributed by atoms with van der Waals surface area (Å²) in [7, 11) is 3.27. The van der Waals surface area contributed by atoms with Crippen LogP contribution in [-0.2, 0) is 0 Å². The fraction of sp³-hybridized carbons (Fsp3) is 0.269. The van der Waals surface area contributed by atoms with E-state index in [0.717, 1.165) is 44.8 Å². The van der Waals surface area contributed by atoms with E-state index in [1.54, 1.807) is 14.2 Å². The van der Waals surface area contributed by atoms with E-state index in [9.17, 15) is 0 Å². The summed E-state index contributed by atoms with van der Waals surface area (Å²) >= 11 is 3.61. The zero-order valence-electron chi connectivity index (χ0n) is 18.7. The Hall–Kier alpha value is -3.19. The molecular formula is C26H25BrN2O4. The van der Waals surface area contributed by atoms with E-state index < -0.39 is 0 Å². The second-order valence-electron chi connectivity index (χ2n) is 7.87. The van der Waals surface area contributed by atoms with Crippen LogP contribution in [0.2, 0.25) is 0 Å². The highest BCUT2D eigenvalue weighted by atomic mass is 79.9. The summed E-state index contributed by atoms with van der Waals surface area (Å²) in [6, 6.07) is 20.2. The quantitative estimate of drug-likeness (QED) is 0.402. The summed E-state index contributed by atoms with van der Waals surface area (Å²) < 4.78 is 24.0. The number of nitrogens with zero attached hydrogens (tertiary/aromatic N) is 2. The first-order valence-corrected chi connectivity index (χ1v) is 11.7. The molecule has 0 fully saturated rings. The molecule has 2 aliphatic heterocycles. The van der Waals surface area contributed by atoms with Crippen LogP contribution < -0.4 is 18.9 Å². The van der Waals surface area contributed by atoms with Gasteiger partial charge in [0.2, 0.25) is 6.23 Å². The third-order valence-electron chi connectivity index (χ3n) is 5.94. The molecule has 0 aliphatic carbocycles. The fourth-order valence-corrected chi connectivity index (χ4v) is 4.75. The van der Waals surface area contributed by atoms with Crippen molar-refractivity contribution in [1.82, 2.24) is 5.01 Å². The van der Waals surface area contributed by atoms with Gasteiger partial charge in [0.15, 0.2) is 11.5 Å². The lowest BCUT2D eigenvalue weighted by atomic mass is 9.96. The number of hydrogen-bond acceptors (Lipinski definition) is 6. The SMILES string of the molecule is CCOc1ccc(C2=NN3C(C2)c2cc(Br)ccc2OC3c2ccc(OC)c(OC)c2)cc1. The predicted octanol–water partition coefficient (Wildman–Crippen LogP) is 6.11. The van der Waals surface area contributed by atoms with Crippen molar-refractivity contribution in [2.24, 2.45) is 5.10 Å². The van der Waals surface area contributed by atoms with E-state index in [1.807, 2.05) is 49.4 Å². The van der Waals surface area contributed by atoms with Crippen LogP contribution in [0.4, 0.5) is 0 Å². The highest BCUT2D eigenvalue weighted by Gasteiger charge is 2.41. The Kier molecular flexibility index (Phi) is 5.89. The van der Waals surface area contributed by atoms with Gasteiger partial charge in [-0.1, -0.05) is 15.9 Å². The van der Waals surface area contributed by atoms with Crippen molar-refractivity contribution in [3.8, 4) is 23.0 Å². The lowest BCUT2D eigenvalue weighted by Gasteiger charge is -2.38. The van der Waals surface area contributed by atoms with E-state index >= 15 is 0 Å². The summed E-state index contributed by atoms with van der Waals surface area (Å²) in [5, 5.41) is 7.09. The average Bonchev–Trinajstić information content (AvgIpc) is 3.30. The van der Waals surface area contributed by atoms with Crippen molar-refractivity contribution in [2.45, 2.75) is 25.6 Å². The molecular weight excluding hydrogens is 484 g/mol. The van der Waals surface area contributed by atoms with Gasteiger partial charge in [-0.25, -0.2) is 5.01 Å². The van der Waals surface area contributed by atoms with Crippen molar-refractivity contribution in [3.05, 3.63) is 81.8 Å². The van der Waals surface area contributed by atoms with Gasteiger partial charge in [-0.05, 0) is 73.2 Å². The predicted molar refractivity (Wildman–Crippen MR) is 130 cm³/mol. The van der Waals surface area contributed by atoms with Gasteiger partial charge in [0.05, 0.1) is 32.6 Å². The summed E-state index contributed by atoms with van der Waals surface area (Å²) in [4.78, 5) is 0. The molecule has 3 aromatic carbocycles. The zero-order valence-corrected chi connectivity index (χ0v) is 20.3. The molecule has 0 aromatic heterocycles. The molecule has 2 heterocycles. The number of hydrogen-bond donors (Lipinski definition) is 0. The molecule has 2 atom stereocenters. The van der Waals surface area contributed by atoms with Crippen LogP contribution in [0.3, 0.4) is 0 Å². The number of methoxy groups -OCH3 is 2. The molecule has 33 heavy (non-hydrogen) atoms. The highest BCUT2D eigenvalue weighted by molar-refractivity contribution is 9.10. The van der Waals surface area contributed by atoms with Gasteiger partial charge in [0, 0.05) is 22.0 Å². The van der Waals surface area contributed by atoms with Crippen molar-refractivity contribution in [2.75, 3.05) is 20.8 Å². The van der Waals surface area contributed by atoms with Crippen molar-refractivity contribution in [1.29, 1.82) is 0 Å².